The lowest BCUT2D eigenvalue weighted by Crippen LogP contribution is -2.48. The monoisotopic (exact) mass is 486 g/mol. The van der Waals surface area contributed by atoms with Crippen LogP contribution in [0, 0.1) is 5.82 Å². The Morgan fingerprint density at radius 1 is 0.971 bits per heavy atom. The summed E-state index contributed by atoms with van der Waals surface area (Å²) in [5.74, 6) is 0.298. The van der Waals surface area contributed by atoms with Crippen molar-refractivity contribution in [3.05, 3.63) is 65.0 Å². The first-order valence-electron chi connectivity index (χ1n) is 12.2. The molecule has 0 aromatic heterocycles. The van der Waals surface area contributed by atoms with Crippen LogP contribution in [0.4, 0.5) is 10.1 Å². The van der Waals surface area contributed by atoms with Crippen molar-refractivity contribution in [3.63, 3.8) is 0 Å². The molecular formula is C26H35FN4O2S. The van der Waals surface area contributed by atoms with Gasteiger partial charge in [-0.15, -0.1) is 0 Å². The number of sulfonamides is 1. The first-order valence-corrected chi connectivity index (χ1v) is 14.0. The van der Waals surface area contributed by atoms with Gasteiger partial charge in [0, 0.05) is 68.5 Å². The van der Waals surface area contributed by atoms with Crippen LogP contribution in [-0.2, 0) is 16.4 Å². The van der Waals surface area contributed by atoms with E-state index in [0.717, 1.165) is 42.7 Å². The zero-order valence-electron chi connectivity index (χ0n) is 20.3. The molecule has 0 saturated carbocycles. The second-order valence-corrected chi connectivity index (χ2v) is 12.2. The first kappa shape index (κ1) is 23.7. The van der Waals surface area contributed by atoms with Gasteiger partial charge in [0.1, 0.15) is 5.82 Å². The molecule has 0 N–H and O–H groups in total. The van der Waals surface area contributed by atoms with Gasteiger partial charge in [0.2, 0.25) is 10.0 Å². The summed E-state index contributed by atoms with van der Waals surface area (Å²) in [7, 11) is 1.15. The van der Waals surface area contributed by atoms with E-state index in [-0.39, 0.29) is 11.9 Å². The molecule has 0 unspecified atom stereocenters. The van der Waals surface area contributed by atoms with E-state index in [9.17, 15) is 12.8 Å². The zero-order chi connectivity index (χ0) is 24.0. The van der Waals surface area contributed by atoms with Crippen molar-refractivity contribution in [2.75, 3.05) is 64.5 Å². The number of hydrogen-bond donors (Lipinski definition) is 0. The Bertz CT molecular complexity index is 1130. The van der Waals surface area contributed by atoms with Crippen LogP contribution in [0.1, 0.15) is 35.1 Å². The number of aryl methyl sites for hydroxylation is 1. The minimum absolute atomic E-state index is 0.0647. The number of benzene rings is 2. The molecule has 5 rings (SSSR count). The fourth-order valence-electron chi connectivity index (χ4n) is 6.11. The maximum atomic E-state index is 14.7. The molecule has 6 nitrogen and oxygen atoms in total. The van der Waals surface area contributed by atoms with Crippen molar-refractivity contribution in [1.82, 2.24) is 14.1 Å². The van der Waals surface area contributed by atoms with Gasteiger partial charge < -0.3 is 9.80 Å². The molecule has 0 amide bonds. The number of anilines is 1. The lowest BCUT2D eigenvalue weighted by molar-refractivity contribution is 0.213. The molecule has 8 heteroatoms. The summed E-state index contributed by atoms with van der Waals surface area (Å²) in [5.41, 5.74) is 4.52. The topological polar surface area (TPSA) is 47.1 Å². The van der Waals surface area contributed by atoms with Crippen molar-refractivity contribution in [1.29, 1.82) is 0 Å². The number of piperazine rings is 1. The van der Waals surface area contributed by atoms with Gasteiger partial charge in [-0.1, -0.05) is 24.3 Å². The summed E-state index contributed by atoms with van der Waals surface area (Å²) in [4.78, 5) is 7.05. The molecule has 0 spiro atoms. The van der Waals surface area contributed by atoms with Gasteiger partial charge in [0.25, 0.3) is 0 Å². The second-order valence-electron chi connectivity index (χ2n) is 10.2. The second kappa shape index (κ2) is 9.22. The van der Waals surface area contributed by atoms with Gasteiger partial charge in [0.15, 0.2) is 0 Å². The molecule has 2 heterocycles. The van der Waals surface area contributed by atoms with Crippen LogP contribution in [0.5, 0.6) is 0 Å². The maximum Gasteiger partial charge on any atom is 0.211 e. The lowest BCUT2D eigenvalue weighted by Gasteiger charge is -2.35. The molecule has 184 valence electrons. The Morgan fingerprint density at radius 3 is 2.32 bits per heavy atom. The maximum absolute atomic E-state index is 14.7. The molecule has 1 aliphatic carbocycles. The van der Waals surface area contributed by atoms with Gasteiger partial charge >= 0.3 is 0 Å². The third-order valence-electron chi connectivity index (χ3n) is 7.98. The van der Waals surface area contributed by atoms with Crippen molar-refractivity contribution >= 4 is 15.7 Å². The molecular weight excluding hydrogens is 451 g/mol. The average molecular weight is 487 g/mol. The predicted molar refractivity (Wildman–Crippen MR) is 134 cm³/mol. The van der Waals surface area contributed by atoms with E-state index in [1.54, 1.807) is 10.4 Å². The minimum Gasteiger partial charge on any atom is -0.369 e. The summed E-state index contributed by atoms with van der Waals surface area (Å²) >= 11 is 0. The molecule has 2 fully saturated rings. The molecule has 2 saturated heterocycles. The Balaban J connectivity index is 1.31. The van der Waals surface area contributed by atoms with Gasteiger partial charge in [-0.25, -0.2) is 12.8 Å². The molecule has 3 atom stereocenters. The van der Waals surface area contributed by atoms with Crippen LogP contribution in [0.3, 0.4) is 0 Å². The molecule has 3 aliphatic rings. The number of likely N-dealkylation sites (N-methyl/N-ethyl adjacent to an activating group) is 1. The highest BCUT2D eigenvalue weighted by Crippen LogP contribution is 2.42. The average Bonchev–Trinajstić information content (AvgIpc) is 3.44. The number of hydrogen-bond acceptors (Lipinski definition) is 5. The summed E-state index contributed by atoms with van der Waals surface area (Å²) in [6.07, 6.45) is 3.22. The number of nitrogens with zero attached hydrogens (tertiary/aromatic N) is 4. The molecule has 0 bridgehead atoms. The third-order valence-corrected chi connectivity index (χ3v) is 9.28. The Kier molecular flexibility index (Phi) is 6.44. The summed E-state index contributed by atoms with van der Waals surface area (Å²) in [6.45, 7) is 4.33. The van der Waals surface area contributed by atoms with Crippen LogP contribution in [0.15, 0.2) is 42.5 Å². The van der Waals surface area contributed by atoms with E-state index in [4.69, 9.17) is 0 Å². The molecule has 2 aromatic carbocycles. The quantitative estimate of drug-likeness (QED) is 0.651. The van der Waals surface area contributed by atoms with Gasteiger partial charge in [0.05, 0.1) is 6.26 Å². The fourth-order valence-corrected chi connectivity index (χ4v) is 6.93. The normalized spacial score (nSPS) is 26.4. The van der Waals surface area contributed by atoms with E-state index in [0.29, 0.717) is 38.1 Å². The molecule has 2 aliphatic heterocycles. The predicted octanol–water partition coefficient (Wildman–Crippen LogP) is 2.92. The van der Waals surface area contributed by atoms with Crippen molar-refractivity contribution < 1.29 is 12.8 Å². The van der Waals surface area contributed by atoms with E-state index in [1.165, 1.54) is 11.8 Å². The van der Waals surface area contributed by atoms with Gasteiger partial charge in [-0.2, -0.15) is 4.31 Å². The molecule has 0 radical (unpaired) electrons. The van der Waals surface area contributed by atoms with Crippen molar-refractivity contribution in [3.8, 4) is 0 Å². The smallest absolute Gasteiger partial charge is 0.211 e. The van der Waals surface area contributed by atoms with E-state index in [2.05, 4.69) is 59.1 Å². The standard InChI is InChI=1S/C26H35FN4O2S/c1-28(2)25-18-30(24-12-9-20-5-4-6-23(27)26(20)24)17-22(25)19-7-10-21(11-8-19)29-13-15-31(16-14-29)34(3,32)33/h4-8,10-11,22,24-25H,9,12-18H2,1-3H3/t22-,24+,25+/m1/s1. The first-order chi connectivity index (χ1) is 16.2. The van der Waals surface area contributed by atoms with Crippen LogP contribution >= 0.6 is 0 Å². The minimum atomic E-state index is -3.12. The molecule has 34 heavy (non-hydrogen) atoms. The van der Waals surface area contributed by atoms with E-state index < -0.39 is 10.0 Å². The Morgan fingerprint density at radius 2 is 1.68 bits per heavy atom. The van der Waals surface area contributed by atoms with Crippen molar-refractivity contribution in [2.45, 2.75) is 30.8 Å². The highest BCUT2D eigenvalue weighted by atomic mass is 32.2. The highest BCUT2D eigenvalue weighted by Gasteiger charge is 2.41. The van der Waals surface area contributed by atoms with Crippen molar-refractivity contribution in [2.24, 2.45) is 0 Å². The van der Waals surface area contributed by atoms with Gasteiger partial charge in [-0.3, -0.25) is 4.90 Å². The number of halogens is 1. The third kappa shape index (κ3) is 4.49. The summed E-state index contributed by atoms with van der Waals surface area (Å²) in [6, 6.07) is 14.8. The van der Waals surface area contributed by atoms with Crippen LogP contribution in [0.25, 0.3) is 0 Å². The van der Waals surface area contributed by atoms with Gasteiger partial charge in [-0.05, 0) is 56.3 Å². The number of rotatable bonds is 5. The van der Waals surface area contributed by atoms with E-state index >= 15 is 0 Å². The van der Waals surface area contributed by atoms with Crippen LogP contribution in [-0.4, -0.2) is 88.2 Å². The Labute approximate surface area is 203 Å². The summed E-state index contributed by atoms with van der Waals surface area (Å²) in [5, 5.41) is 0. The SMILES string of the molecule is CN(C)[C@H]1CN([C@H]2CCc3cccc(F)c32)C[C@@H]1c1ccc(N2CCN(S(C)(=O)=O)CC2)cc1. The fraction of sp³-hybridized carbons (Fsp3) is 0.538. The summed E-state index contributed by atoms with van der Waals surface area (Å²) < 4.78 is 39.8. The highest BCUT2D eigenvalue weighted by molar-refractivity contribution is 7.88. The zero-order valence-corrected chi connectivity index (χ0v) is 21.1. The largest absolute Gasteiger partial charge is 0.369 e. The molecule has 2 aromatic rings. The lowest BCUT2D eigenvalue weighted by atomic mass is 9.93. The Hall–Kier alpha value is -2.00. The van der Waals surface area contributed by atoms with Crippen LogP contribution < -0.4 is 4.90 Å². The van der Waals surface area contributed by atoms with Crippen LogP contribution in [0.2, 0.25) is 0 Å². The number of fused-ring (bicyclic) bond motifs is 1. The van der Waals surface area contributed by atoms with E-state index in [1.807, 2.05) is 6.07 Å². The number of likely N-dealkylation sites (tertiary alicyclic amines) is 1.